The Hall–Kier alpha value is -2.14. The van der Waals surface area contributed by atoms with Gasteiger partial charge in [0.25, 0.3) is 0 Å². The number of hydrogen-bond donors (Lipinski definition) is 1. The van der Waals surface area contributed by atoms with Crippen molar-refractivity contribution in [3.05, 3.63) is 94.2 Å². The summed E-state index contributed by atoms with van der Waals surface area (Å²) in [5.74, 6) is 0. The molecule has 0 fully saturated rings. The van der Waals surface area contributed by atoms with Gasteiger partial charge in [0.2, 0.25) is 0 Å². The molecule has 3 nitrogen and oxygen atoms in total. The molecule has 0 spiro atoms. The number of thiocarbonyl (C=S) groups is 1. The van der Waals surface area contributed by atoms with Crippen molar-refractivity contribution in [1.82, 2.24) is 9.88 Å². The summed E-state index contributed by atoms with van der Waals surface area (Å²) in [5.41, 5.74) is 2.81. The largest absolute Gasteiger partial charge is 0.339 e. The maximum Gasteiger partial charge on any atom is 0.174 e. The Morgan fingerprint density at radius 3 is 2.35 bits per heavy atom. The second kappa shape index (κ2) is 8.99. The van der Waals surface area contributed by atoms with E-state index in [1.54, 1.807) is 6.20 Å². The van der Waals surface area contributed by atoms with E-state index in [4.69, 9.17) is 35.4 Å². The zero-order chi connectivity index (χ0) is 18.4. The number of anilines is 1. The number of nitrogens with one attached hydrogen (secondary N) is 1. The van der Waals surface area contributed by atoms with Gasteiger partial charge in [-0.3, -0.25) is 4.98 Å². The standard InChI is InChI=1S/C20H17Cl2N3S/c21-16-8-10-17(11-9-16)24-20(26)25(14-18-6-3-4-12-23-18)13-15-5-1-2-7-19(15)22/h1-12H,13-14H2,(H,24,26). The molecule has 6 heteroatoms. The Labute approximate surface area is 168 Å². The molecule has 0 aliphatic rings. The Balaban J connectivity index is 1.80. The van der Waals surface area contributed by atoms with Gasteiger partial charge >= 0.3 is 0 Å². The van der Waals surface area contributed by atoms with Crippen LogP contribution in [0, 0.1) is 0 Å². The average Bonchev–Trinajstić information content (AvgIpc) is 2.65. The summed E-state index contributed by atoms with van der Waals surface area (Å²) < 4.78 is 0. The van der Waals surface area contributed by atoms with Gasteiger partial charge < -0.3 is 10.2 Å². The van der Waals surface area contributed by atoms with E-state index < -0.39 is 0 Å². The minimum absolute atomic E-state index is 0.575. The van der Waals surface area contributed by atoms with Crippen LogP contribution in [0.15, 0.2) is 72.9 Å². The monoisotopic (exact) mass is 401 g/mol. The molecule has 3 aromatic rings. The number of rotatable bonds is 5. The maximum absolute atomic E-state index is 6.33. The highest BCUT2D eigenvalue weighted by Crippen LogP contribution is 2.20. The predicted molar refractivity (Wildman–Crippen MR) is 113 cm³/mol. The summed E-state index contributed by atoms with van der Waals surface area (Å²) in [6.07, 6.45) is 1.78. The van der Waals surface area contributed by atoms with Gasteiger partial charge in [-0.25, -0.2) is 0 Å². The minimum atomic E-state index is 0.575. The van der Waals surface area contributed by atoms with Gasteiger partial charge in [0, 0.05) is 28.5 Å². The highest BCUT2D eigenvalue weighted by Gasteiger charge is 2.14. The zero-order valence-electron chi connectivity index (χ0n) is 13.9. The first-order chi connectivity index (χ1) is 12.6. The molecule has 0 unspecified atom stereocenters. The van der Waals surface area contributed by atoms with Crippen molar-refractivity contribution in [2.75, 3.05) is 5.32 Å². The van der Waals surface area contributed by atoms with Crippen LogP contribution in [-0.4, -0.2) is 15.0 Å². The first-order valence-electron chi connectivity index (χ1n) is 8.06. The Morgan fingerprint density at radius 2 is 1.65 bits per heavy atom. The number of hydrogen-bond acceptors (Lipinski definition) is 2. The van der Waals surface area contributed by atoms with Crippen LogP contribution in [0.2, 0.25) is 10.0 Å². The molecule has 3 rings (SSSR count). The molecule has 2 aromatic carbocycles. The fraction of sp³-hybridized carbons (Fsp3) is 0.100. The van der Waals surface area contributed by atoms with Crippen molar-refractivity contribution in [2.24, 2.45) is 0 Å². The molecular weight excluding hydrogens is 385 g/mol. The van der Waals surface area contributed by atoms with Crippen LogP contribution in [0.1, 0.15) is 11.3 Å². The van der Waals surface area contributed by atoms with E-state index in [1.165, 1.54) is 0 Å². The van der Waals surface area contributed by atoms with Crippen molar-refractivity contribution in [1.29, 1.82) is 0 Å². The molecule has 132 valence electrons. The fourth-order valence-corrected chi connectivity index (χ4v) is 3.02. The van der Waals surface area contributed by atoms with Gasteiger partial charge in [-0.15, -0.1) is 0 Å². The molecular formula is C20H17Cl2N3S. The molecule has 0 aliphatic carbocycles. The number of nitrogens with zero attached hydrogens (tertiary/aromatic N) is 2. The molecule has 0 aliphatic heterocycles. The third kappa shape index (κ3) is 5.18. The van der Waals surface area contributed by atoms with E-state index in [0.29, 0.717) is 28.2 Å². The number of aromatic nitrogens is 1. The van der Waals surface area contributed by atoms with E-state index >= 15 is 0 Å². The van der Waals surface area contributed by atoms with Crippen molar-refractivity contribution in [2.45, 2.75) is 13.1 Å². The van der Waals surface area contributed by atoms with Gasteiger partial charge in [0.05, 0.1) is 12.2 Å². The van der Waals surface area contributed by atoms with Crippen LogP contribution in [0.3, 0.4) is 0 Å². The van der Waals surface area contributed by atoms with Crippen LogP contribution in [0.4, 0.5) is 5.69 Å². The van der Waals surface area contributed by atoms with Gasteiger partial charge in [-0.1, -0.05) is 47.5 Å². The Bertz CT molecular complexity index is 870. The smallest absolute Gasteiger partial charge is 0.174 e. The van der Waals surface area contributed by atoms with Crippen molar-refractivity contribution in [3.8, 4) is 0 Å². The lowest BCUT2D eigenvalue weighted by atomic mass is 10.2. The van der Waals surface area contributed by atoms with Gasteiger partial charge in [-0.05, 0) is 60.2 Å². The van der Waals surface area contributed by atoms with Crippen LogP contribution < -0.4 is 5.32 Å². The molecule has 1 N–H and O–H groups in total. The molecule has 0 saturated carbocycles. The van der Waals surface area contributed by atoms with Crippen LogP contribution in [0.5, 0.6) is 0 Å². The number of halogens is 2. The lowest BCUT2D eigenvalue weighted by Gasteiger charge is -2.26. The minimum Gasteiger partial charge on any atom is -0.339 e. The summed E-state index contributed by atoms with van der Waals surface area (Å²) >= 11 is 17.9. The van der Waals surface area contributed by atoms with E-state index in [9.17, 15) is 0 Å². The summed E-state index contributed by atoms with van der Waals surface area (Å²) in [6.45, 7) is 1.15. The SMILES string of the molecule is S=C(Nc1ccc(Cl)cc1)N(Cc1ccccn1)Cc1ccccc1Cl. The Morgan fingerprint density at radius 1 is 0.923 bits per heavy atom. The normalized spacial score (nSPS) is 10.4. The van der Waals surface area contributed by atoms with Gasteiger partial charge in [-0.2, -0.15) is 0 Å². The van der Waals surface area contributed by atoms with Gasteiger partial charge in [0.15, 0.2) is 5.11 Å². The summed E-state index contributed by atoms with van der Waals surface area (Å²) in [5, 5.41) is 5.25. The predicted octanol–water partition coefficient (Wildman–Crippen LogP) is 5.79. The lowest BCUT2D eigenvalue weighted by molar-refractivity contribution is 0.407. The van der Waals surface area contributed by atoms with Crippen molar-refractivity contribution in [3.63, 3.8) is 0 Å². The molecule has 1 heterocycles. The lowest BCUT2D eigenvalue weighted by Crippen LogP contribution is -2.34. The molecule has 0 saturated heterocycles. The highest BCUT2D eigenvalue weighted by molar-refractivity contribution is 7.80. The first kappa shape index (κ1) is 18.6. The third-order valence-corrected chi connectivity index (χ3v) is 4.76. The maximum atomic E-state index is 6.33. The first-order valence-corrected chi connectivity index (χ1v) is 9.23. The van der Waals surface area contributed by atoms with E-state index in [0.717, 1.165) is 16.9 Å². The topological polar surface area (TPSA) is 28.2 Å². The number of benzene rings is 2. The molecule has 0 radical (unpaired) electrons. The van der Waals surface area contributed by atoms with E-state index in [1.807, 2.05) is 71.6 Å². The van der Waals surface area contributed by atoms with Gasteiger partial charge in [0.1, 0.15) is 0 Å². The van der Waals surface area contributed by atoms with Crippen LogP contribution in [0.25, 0.3) is 0 Å². The van der Waals surface area contributed by atoms with Crippen LogP contribution >= 0.6 is 35.4 Å². The highest BCUT2D eigenvalue weighted by atomic mass is 35.5. The molecule has 0 bridgehead atoms. The Kier molecular flexibility index (Phi) is 6.45. The fourth-order valence-electron chi connectivity index (χ4n) is 2.45. The second-order valence-electron chi connectivity index (χ2n) is 5.71. The third-order valence-electron chi connectivity index (χ3n) is 3.78. The van der Waals surface area contributed by atoms with E-state index in [-0.39, 0.29) is 0 Å². The molecule has 0 amide bonds. The quantitative estimate of drug-likeness (QED) is 0.547. The molecule has 1 aromatic heterocycles. The van der Waals surface area contributed by atoms with Crippen LogP contribution in [-0.2, 0) is 13.1 Å². The van der Waals surface area contributed by atoms with E-state index in [2.05, 4.69) is 10.3 Å². The summed E-state index contributed by atoms with van der Waals surface area (Å²) in [6, 6.07) is 21.0. The summed E-state index contributed by atoms with van der Waals surface area (Å²) in [7, 11) is 0. The van der Waals surface area contributed by atoms with Crippen molar-refractivity contribution < 1.29 is 0 Å². The zero-order valence-corrected chi connectivity index (χ0v) is 16.2. The second-order valence-corrected chi connectivity index (χ2v) is 6.94. The summed E-state index contributed by atoms with van der Waals surface area (Å²) in [4.78, 5) is 6.44. The molecule has 0 atom stereocenters. The average molecular weight is 402 g/mol. The molecule has 26 heavy (non-hydrogen) atoms. The van der Waals surface area contributed by atoms with Crippen molar-refractivity contribution >= 4 is 46.2 Å². The number of pyridine rings is 1.